The normalized spacial score (nSPS) is 11.9. The third-order valence-corrected chi connectivity index (χ3v) is 4.19. The summed E-state index contributed by atoms with van der Waals surface area (Å²) in [5.74, 6) is -0.741. The lowest BCUT2D eigenvalue weighted by Crippen LogP contribution is -2.05. The van der Waals surface area contributed by atoms with Crippen molar-refractivity contribution < 1.29 is 18.6 Å². The minimum Gasteiger partial charge on any atom is -0.504 e. The Labute approximate surface area is 121 Å². The van der Waals surface area contributed by atoms with E-state index in [1.165, 1.54) is 30.5 Å². The van der Waals surface area contributed by atoms with Gasteiger partial charge in [-0.3, -0.25) is 0 Å². The van der Waals surface area contributed by atoms with E-state index >= 15 is 0 Å². The molecule has 0 bridgehead atoms. The number of allylic oxidation sites excluding steroid dienone is 1. The Morgan fingerprint density at radius 3 is 2.52 bits per heavy atom. The molecule has 1 aromatic carbocycles. The first-order valence-electron chi connectivity index (χ1n) is 5.75. The monoisotopic (exact) mass is 302 g/mol. The molecule has 0 saturated heterocycles. The zero-order valence-corrected chi connectivity index (χ0v) is 11.4. The van der Waals surface area contributed by atoms with Gasteiger partial charge in [0.1, 0.15) is 6.07 Å². The summed E-state index contributed by atoms with van der Waals surface area (Å²) in [5, 5.41) is 27.4. The number of pyridine rings is 1. The predicted molar refractivity (Wildman–Crippen MR) is 74.8 cm³/mol. The van der Waals surface area contributed by atoms with Gasteiger partial charge < -0.3 is 10.2 Å². The number of sulfone groups is 1. The van der Waals surface area contributed by atoms with Crippen LogP contribution in [0.1, 0.15) is 5.56 Å². The maximum absolute atomic E-state index is 12.3. The van der Waals surface area contributed by atoms with Crippen molar-refractivity contribution in [2.45, 2.75) is 5.03 Å². The fourth-order valence-electron chi connectivity index (χ4n) is 1.57. The first-order valence-corrected chi connectivity index (χ1v) is 7.23. The second-order valence-corrected chi connectivity index (χ2v) is 5.90. The van der Waals surface area contributed by atoms with Gasteiger partial charge in [-0.25, -0.2) is 13.4 Å². The average molecular weight is 302 g/mol. The fourth-order valence-corrected chi connectivity index (χ4v) is 2.66. The minimum absolute atomic E-state index is 0.235. The second-order valence-electron chi connectivity index (χ2n) is 4.04. The van der Waals surface area contributed by atoms with Gasteiger partial charge in [0.25, 0.3) is 0 Å². The van der Waals surface area contributed by atoms with Crippen LogP contribution in [-0.4, -0.2) is 23.6 Å². The molecule has 21 heavy (non-hydrogen) atoms. The zero-order valence-electron chi connectivity index (χ0n) is 10.6. The van der Waals surface area contributed by atoms with Gasteiger partial charge in [0.05, 0.1) is 0 Å². The Kier molecular flexibility index (Phi) is 3.91. The predicted octanol–water partition coefficient (Wildman–Crippen LogP) is 1.83. The molecule has 0 spiro atoms. The van der Waals surface area contributed by atoms with Crippen molar-refractivity contribution >= 4 is 15.9 Å². The third kappa shape index (κ3) is 3.01. The first-order chi connectivity index (χ1) is 9.95. The topological polar surface area (TPSA) is 111 Å². The van der Waals surface area contributed by atoms with E-state index in [0.29, 0.717) is 0 Å². The highest BCUT2D eigenvalue weighted by Crippen LogP contribution is 2.27. The highest BCUT2D eigenvalue weighted by atomic mass is 32.2. The SMILES string of the molecule is N#C/C(=C\c1ccc(O)c(O)c1)S(=O)(=O)c1ccccn1. The van der Waals surface area contributed by atoms with E-state index < -0.39 is 20.5 Å². The molecule has 0 atom stereocenters. The van der Waals surface area contributed by atoms with Gasteiger partial charge in [-0.2, -0.15) is 5.26 Å². The van der Waals surface area contributed by atoms with Crippen LogP contribution < -0.4 is 0 Å². The van der Waals surface area contributed by atoms with Crippen LogP contribution in [0.5, 0.6) is 11.5 Å². The number of phenolic OH excluding ortho intramolecular Hbond substituents is 2. The Bertz CT molecular complexity index is 837. The summed E-state index contributed by atoms with van der Waals surface area (Å²) in [6.07, 6.45) is 2.41. The largest absolute Gasteiger partial charge is 0.504 e. The summed E-state index contributed by atoms with van der Waals surface area (Å²) in [6, 6.07) is 9.69. The summed E-state index contributed by atoms with van der Waals surface area (Å²) in [5.41, 5.74) is 0.265. The number of aromatic hydroxyl groups is 2. The molecule has 0 unspecified atom stereocenters. The highest BCUT2D eigenvalue weighted by Gasteiger charge is 2.22. The van der Waals surface area contributed by atoms with E-state index in [2.05, 4.69) is 4.98 Å². The number of phenols is 2. The Morgan fingerprint density at radius 2 is 1.95 bits per heavy atom. The molecule has 0 radical (unpaired) electrons. The summed E-state index contributed by atoms with van der Waals surface area (Å²) in [6.45, 7) is 0. The molecule has 106 valence electrons. The summed E-state index contributed by atoms with van der Waals surface area (Å²) < 4.78 is 24.5. The van der Waals surface area contributed by atoms with Crippen molar-refractivity contribution in [2.75, 3.05) is 0 Å². The Balaban J connectivity index is 2.51. The number of aromatic nitrogens is 1. The lowest BCUT2D eigenvalue weighted by Gasteiger charge is -2.03. The van der Waals surface area contributed by atoms with Crippen molar-refractivity contribution in [3.8, 4) is 17.6 Å². The van der Waals surface area contributed by atoms with Gasteiger partial charge in [-0.05, 0) is 35.9 Å². The molecule has 2 rings (SSSR count). The van der Waals surface area contributed by atoms with Gasteiger partial charge in [0.2, 0.25) is 9.84 Å². The van der Waals surface area contributed by atoms with E-state index in [9.17, 15) is 18.6 Å². The lowest BCUT2D eigenvalue weighted by molar-refractivity contribution is 0.403. The molecule has 0 aliphatic carbocycles. The molecular weight excluding hydrogens is 292 g/mol. The zero-order chi connectivity index (χ0) is 15.5. The summed E-state index contributed by atoms with van der Waals surface area (Å²) in [7, 11) is -4.03. The van der Waals surface area contributed by atoms with Crippen LogP contribution >= 0.6 is 0 Å². The fraction of sp³-hybridized carbons (Fsp3) is 0. The highest BCUT2D eigenvalue weighted by molar-refractivity contribution is 7.95. The summed E-state index contributed by atoms with van der Waals surface area (Å²) >= 11 is 0. The van der Waals surface area contributed by atoms with Crippen LogP contribution in [0.2, 0.25) is 0 Å². The van der Waals surface area contributed by atoms with Crippen LogP contribution in [0.4, 0.5) is 0 Å². The minimum atomic E-state index is -4.03. The average Bonchev–Trinajstić information content (AvgIpc) is 2.49. The molecule has 0 fully saturated rings. The number of benzene rings is 1. The van der Waals surface area contributed by atoms with Crippen LogP contribution in [0.15, 0.2) is 52.5 Å². The number of hydrogen-bond donors (Lipinski definition) is 2. The van der Waals surface area contributed by atoms with Crippen LogP contribution in [0, 0.1) is 11.3 Å². The Hall–Kier alpha value is -2.85. The molecule has 0 amide bonds. The van der Waals surface area contributed by atoms with Crippen molar-refractivity contribution in [3.05, 3.63) is 53.1 Å². The van der Waals surface area contributed by atoms with E-state index in [-0.39, 0.29) is 16.3 Å². The first kappa shape index (κ1) is 14.6. The van der Waals surface area contributed by atoms with E-state index in [4.69, 9.17) is 5.26 Å². The van der Waals surface area contributed by atoms with Crippen molar-refractivity contribution in [1.29, 1.82) is 5.26 Å². The van der Waals surface area contributed by atoms with E-state index in [1.807, 2.05) is 0 Å². The quantitative estimate of drug-likeness (QED) is 0.661. The number of nitrogens with zero attached hydrogens (tertiary/aromatic N) is 2. The molecule has 7 heteroatoms. The van der Waals surface area contributed by atoms with E-state index in [1.54, 1.807) is 12.1 Å². The molecular formula is C14H10N2O4S. The van der Waals surface area contributed by atoms with Gasteiger partial charge in [0, 0.05) is 6.20 Å². The smallest absolute Gasteiger partial charge is 0.233 e. The van der Waals surface area contributed by atoms with Crippen LogP contribution in [-0.2, 0) is 9.84 Å². The lowest BCUT2D eigenvalue weighted by atomic mass is 10.2. The third-order valence-electron chi connectivity index (χ3n) is 2.61. The second kappa shape index (κ2) is 5.64. The maximum Gasteiger partial charge on any atom is 0.233 e. The molecule has 1 aromatic heterocycles. The molecule has 6 nitrogen and oxygen atoms in total. The standard InChI is InChI=1S/C14H10N2O4S/c15-9-11(7-10-4-5-12(17)13(18)8-10)21(19,20)14-3-1-2-6-16-14/h1-8,17-18H/b11-7+. The Morgan fingerprint density at radius 1 is 1.19 bits per heavy atom. The van der Waals surface area contributed by atoms with Gasteiger partial charge in [-0.1, -0.05) is 12.1 Å². The molecule has 2 N–H and O–H groups in total. The van der Waals surface area contributed by atoms with E-state index in [0.717, 1.165) is 12.1 Å². The van der Waals surface area contributed by atoms with Gasteiger partial charge >= 0.3 is 0 Å². The van der Waals surface area contributed by atoms with Crippen molar-refractivity contribution in [1.82, 2.24) is 4.98 Å². The molecule has 0 saturated carbocycles. The summed E-state index contributed by atoms with van der Waals surface area (Å²) in [4.78, 5) is 3.22. The van der Waals surface area contributed by atoms with Crippen molar-refractivity contribution in [2.24, 2.45) is 0 Å². The molecule has 0 aliphatic rings. The maximum atomic E-state index is 12.3. The number of rotatable bonds is 3. The molecule has 2 aromatic rings. The number of hydrogen-bond acceptors (Lipinski definition) is 6. The van der Waals surface area contributed by atoms with Crippen LogP contribution in [0.3, 0.4) is 0 Å². The van der Waals surface area contributed by atoms with Gasteiger partial charge in [-0.15, -0.1) is 0 Å². The van der Waals surface area contributed by atoms with Crippen molar-refractivity contribution in [3.63, 3.8) is 0 Å². The van der Waals surface area contributed by atoms with Crippen LogP contribution in [0.25, 0.3) is 6.08 Å². The number of nitriles is 1. The molecule has 1 heterocycles. The molecule has 0 aliphatic heterocycles. The van der Waals surface area contributed by atoms with Gasteiger partial charge in [0.15, 0.2) is 21.4 Å².